The zero-order valence-corrected chi connectivity index (χ0v) is 12.5. The van der Waals surface area contributed by atoms with Crippen LogP contribution in [0.1, 0.15) is 56.7 Å². The fourth-order valence-corrected chi connectivity index (χ4v) is 3.15. The first-order valence-corrected chi connectivity index (χ1v) is 7.73. The fraction of sp³-hybridized carbons (Fsp3) is 0.647. The molecule has 0 spiro atoms. The van der Waals surface area contributed by atoms with Gasteiger partial charge in [-0.3, -0.25) is 0 Å². The molecule has 1 aromatic rings. The Morgan fingerprint density at radius 2 is 2.16 bits per heavy atom. The van der Waals surface area contributed by atoms with Crippen LogP contribution in [0.25, 0.3) is 0 Å². The van der Waals surface area contributed by atoms with Crippen molar-refractivity contribution >= 4 is 0 Å². The minimum atomic E-state index is 0.474. The summed E-state index contributed by atoms with van der Waals surface area (Å²) in [7, 11) is 2.09. The van der Waals surface area contributed by atoms with E-state index < -0.39 is 0 Å². The van der Waals surface area contributed by atoms with E-state index in [9.17, 15) is 0 Å². The lowest BCUT2D eigenvalue weighted by atomic mass is 9.86. The van der Waals surface area contributed by atoms with Crippen LogP contribution >= 0.6 is 0 Å². The molecule has 1 heterocycles. The molecule has 1 aliphatic rings. The highest BCUT2D eigenvalue weighted by atomic mass is 16.5. The Balaban J connectivity index is 2.15. The van der Waals surface area contributed by atoms with E-state index in [-0.39, 0.29) is 0 Å². The van der Waals surface area contributed by atoms with E-state index in [2.05, 4.69) is 44.4 Å². The molecule has 2 nitrogen and oxygen atoms in total. The second-order valence-electron chi connectivity index (χ2n) is 5.54. The number of benzene rings is 1. The smallest absolute Gasteiger partial charge is 0.122 e. The molecule has 2 atom stereocenters. The molecule has 0 radical (unpaired) electrons. The Labute approximate surface area is 117 Å². The summed E-state index contributed by atoms with van der Waals surface area (Å²) in [5, 5.41) is 3.53. The molecule has 1 aliphatic heterocycles. The summed E-state index contributed by atoms with van der Waals surface area (Å²) in [5.41, 5.74) is 2.80. The lowest BCUT2D eigenvalue weighted by molar-refractivity contribution is 0.338. The second kappa shape index (κ2) is 6.95. The van der Waals surface area contributed by atoms with Crippen LogP contribution in [-0.2, 0) is 6.42 Å². The number of unbranched alkanes of at least 4 members (excludes halogenated alkanes) is 1. The molecule has 0 amide bonds. The van der Waals surface area contributed by atoms with Crippen molar-refractivity contribution in [2.45, 2.75) is 52.0 Å². The molecule has 0 saturated carbocycles. The predicted molar refractivity (Wildman–Crippen MR) is 80.7 cm³/mol. The molecule has 0 saturated heterocycles. The summed E-state index contributed by atoms with van der Waals surface area (Å²) in [5.74, 6) is 1.81. The molecule has 106 valence electrons. The summed E-state index contributed by atoms with van der Waals surface area (Å²) >= 11 is 0. The Kier molecular flexibility index (Phi) is 5.26. The first-order valence-electron chi connectivity index (χ1n) is 7.73. The third-order valence-electron chi connectivity index (χ3n) is 4.31. The van der Waals surface area contributed by atoms with Crippen molar-refractivity contribution in [2.75, 3.05) is 13.7 Å². The molecule has 2 unspecified atom stereocenters. The quantitative estimate of drug-likeness (QED) is 0.798. The van der Waals surface area contributed by atoms with Crippen LogP contribution in [0, 0.1) is 5.92 Å². The number of ether oxygens (including phenoxy) is 1. The Hall–Kier alpha value is -1.02. The van der Waals surface area contributed by atoms with Crippen molar-refractivity contribution in [3.8, 4) is 5.75 Å². The molecule has 0 aromatic heterocycles. The van der Waals surface area contributed by atoms with Gasteiger partial charge in [-0.1, -0.05) is 45.2 Å². The highest BCUT2D eigenvalue weighted by molar-refractivity contribution is 5.41. The first kappa shape index (κ1) is 14.4. The lowest BCUT2D eigenvalue weighted by Gasteiger charge is -2.27. The van der Waals surface area contributed by atoms with Crippen LogP contribution < -0.4 is 10.1 Å². The van der Waals surface area contributed by atoms with Gasteiger partial charge >= 0.3 is 0 Å². The van der Waals surface area contributed by atoms with Crippen LogP contribution in [-0.4, -0.2) is 13.7 Å². The minimum absolute atomic E-state index is 0.474. The first-order chi connectivity index (χ1) is 9.30. The van der Waals surface area contributed by atoms with Gasteiger partial charge in [0, 0.05) is 12.5 Å². The van der Waals surface area contributed by atoms with Gasteiger partial charge < -0.3 is 10.1 Å². The topological polar surface area (TPSA) is 21.3 Å². The maximum atomic E-state index is 5.60. The Morgan fingerprint density at radius 3 is 2.84 bits per heavy atom. The average molecular weight is 261 g/mol. The number of fused-ring (bicyclic) bond motifs is 1. The predicted octanol–water partition coefficient (Wildman–Crippen LogP) is 4.10. The average Bonchev–Trinajstić information content (AvgIpc) is 2.90. The van der Waals surface area contributed by atoms with Crippen molar-refractivity contribution in [2.24, 2.45) is 5.92 Å². The third-order valence-corrected chi connectivity index (χ3v) is 4.31. The number of nitrogens with one attached hydrogen (secondary N) is 1. The lowest BCUT2D eigenvalue weighted by Crippen LogP contribution is -2.25. The highest BCUT2D eigenvalue weighted by Crippen LogP contribution is 2.33. The van der Waals surface area contributed by atoms with Gasteiger partial charge in [0.2, 0.25) is 0 Å². The van der Waals surface area contributed by atoms with Crippen molar-refractivity contribution in [3.63, 3.8) is 0 Å². The standard InChI is InChI=1S/C17H27NO/c1-4-6-7-13(5-2)17(18-3)15-8-9-16-14(12-15)10-11-19-16/h8-9,12-13,17-18H,4-7,10-11H2,1-3H3. The fourth-order valence-electron chi connectivity index (χ4n) is 3.15. The van der Waals surface area contributed by atoms with Crippen molar-refractivity contribution in [1.82, 2.24) is 5.32 Å². The summed E-state index contributed by atoms with van der Waals surface area (Å²) < 4.78 is 5.60. The summed E-state index contributed by atoms with van der Waals surface area (Å²) in [6.07, 6.45) is 6.21. The molecular weight excluding hydrogens is 234 g/mol. The maximum absolute atomic E-state index is 5.60. The molecule has 0 bridgehead atoms. The Morgan fingerprint density at radius 1 is 1.32 bits per heavy atom. The van der Waals surface area contributed by atoms with Gasteiger partial charge in [-0.05, 0) is 36.6 Å². The maximum Gasteiger partial charge on any atom is 0.122 e. The van der Waals surface area contributed by atoms with Gasteiger partial charge in [-0.2, -0.15) is 0 Å². The van der Waals surface area contributed by atoms with Crippen LogP contribution in [0.2, 0.25) is 0 Å². The normalized spacial score (nSPS) is 16.8. The molecule has 19 heavy (non-hydrogen) atoms. The van der Waals surface area contributed by atoms with Crippen LogP contribution in [0.3, 0.4) is 0 Å². The van der Waals surface area contributed by atoms with E-state index in [0.717, 1.165) is 24.7 Å². The second-order valence-corrected chi connectivity index (χ2v) is 5.54. The third kappa shape index (κ3) is 3.30. The molecular formula is C17H27NO. The SMILES string of the molecule is CCCCC(CC)C(NC)c1ccc2c(c1)CCO2. The van der Waals surface area contributed by atoms with E-state index in [0.29, 0.717) is 6.04 Å². The van der Waals surface area contributed by atoms with E-state index in [1.54, 1.807) is 0 Å². The van der Waals surface area contributed by atoms with E-state index in [4.69, 9.17) is 4.74 Å². The number of hydrogen-bond donors (Lipinski definition) is 1. The summed E-state index contributed by atoms with van der Waals surface area (Å²) in [4.78, 5) is 0. The van der Waals surface area contributed by atoms with Gasteiger partial charge in [0.15, 0.2) is 0 Å². The van der Waals surface area contributed by atoms with E-state index >= 15 is 0 Å². The van der Waals surface area contributed by atoms with E-state index in [1.807, 2.05) is 0 Å². The van der Waals surface area contributed by atoms with Crippen LogP contribution in [0.5, 0.6) is 5.75 Å². The van der Waals surface area contributed by atoms with E-state index in [1.165, 1.54) is 36.8 Å². The number of rotatable bonds is 7. The zero-order valence-electron chi connectivity index (χ0n) is 12.5. The van der Waals surface area contributed by atoms with Crippen molar-refractivity contribution in [3.05, 3.63) is 29.3 Å². The molecule has 0 fully saturated rings. The van der Waals surface area contributed by atoms with Gasteiger partial charge in [0.25, 0.3) is 0 Å². The van der Waals surface area contributed by atoms with Crippen molar-refractivity contribution < 1.29 is 4.74 Å². The van der Waals surface area contributed by atoms with Gasteiger partial charge in [-0.25, -0.2) is 0 Å². The van der Waals surface area contributed by atoms with Crippen LogP contribution in [0.15, 0.2) is 18.2 Å². The van der Waals surface area contributed by atoms with Crippen molar-refractivity contribution in [1.29, 1.82) is 0 Å². The van der Waals surface area contributed by atoms with Gasteiger partial charge in [0.05, 0.1) is 6.61 Å². The molecule has 2 rings (SSSR count). The Bertz CT molecular complexity index is 402. The number of hydrogen-bond acceptors (Lipinski definition) is 2. The monoisotopic (exact) mass is 261 g/mol. The van der Waals surface area contributed by atoms with Gasteiger partial charge in [0.1, 0.15) is 5.75 Å². The molecule has 2 heteroatoms. The van der Waals surface area contributed by atoms with Gasteiger partial charge in [-0.15, -0.1) is 0 Å². The molecule has 1 N–H and O–H groups in total. The largest absolute Gasteiger partial charge is 0.493 e. The molecule has 0 aliphatic carbocycles. The van der Waals surface area contributed by atoms with Crippen LogP contribution in [0.4, 0.5) is 0 Å². The minimum Gasteiger partial charge on any atom is -0.493 e. The molecule has 1 aromatic carbocycles. The summed E-state index contributed by atoms with van der Waals surface area (Å²) in [6.45, 7) is 5.42. The zero-order chi connectivity index (χ0) is 13.7. The highest BCUT2D eigenvalue weighted by Gasteiger charge is 2.22. The summed E-state index contributed by atoms with van der Waals surface area (Å²) in [6, 6.07) is 7.20.